The summed E-state index contributed by atoms with van der Waals surface area (Å²) in [6.45, 7) is 0.217. The molecule has 7 nitrogen and oxygen atoms in total. The molecule has 4 aliphatic rings. The Morgan fingerprint density at radius 2 is 1.48 bits per heavy atom. The average molecular weight is 420 g/mol. The summed E-state index contributed by atoms with van der Waals surface area (Å²) in [4.78, 5) is 24.6. The molecule has 1 aromatic carbocycles. The Morgan fingerprint density at radius 3 is 2.00 bits per heavy atom. The smallest absolute Gasteiger partial charge is 0.239 e. The lowest BCUT2D eigenvalue weighted by Crippen LogP contribution is -2.48. The van der Waals surface area contributed by atoms with Crippen LogP contribution in [0.4, 0.5) is 0 Å². The van der Waals surface area contributed by atoms with Gasteiger partial charge in [-0.1, -0.05) is 12.1 Å². The van der Waals surface area contributed by atoms with Crippen molar-refractivity contribution < 1.29 is 18.0 Å². The third-order valence-electron chi connectivity index (χ3n) is 6.89. The molecule has 0 aromatic heterocycles. The molecule has 2 amide bonds. The number of primary sulfonamides is 1. The van der Waals surface area contributed by atoms with Crippen molar-refractivity contribution in [3.05, 3.63) is 29.8 Å². The first-order valence-electron chi connectivity index (χ1n) is 10.4. The summed E-state index contributed by atoms with van der Waals surface area (Å²) < 4.78 is 22.5. The molecule has 0 atom stereocenters. The summed E-state index contributed by atoms with van der Waals surface area (Å²) in [5.41, 5.74) is 0.922. The van der Waals surface area contributed by atoms with Crippen molar-refractivity contribution in [2.75, 3.05) is 6.54 Å². The highest BCUT2D eigenvalue weighted by molar-refractivity contribution is 7.89. The van der Waals surface area contributed by atoms with Crippen molar-refractivity contribution >= 4 is 21.8 Å². The van der Waals surface area contributed by atoms with Crippen LogP contribution in [0.5, 0.6) is 0 Å². The summed E-state index contributed by atoms with van der Waals surface area (Å²) in [5, 5.41) is 10.6. The Bertz CT molecular complexity index is 860. The highest BCUT2D eigenvalue weighted by atomic mass is 32.2. The van der Waals surface area contributed by atoms with E-state index in [1.807, 2.05) is 0 Å². The predicted octanol–water partition coefficient (Wildman–Crippen LogP) is 1.67. The average Bonchev–Trinajstić information content (AvgIpc) is 2.63. The fourth-order valence-corrected chi connectivity index (χ4v) is 6.66. The van der Waals surface area contributed by atoms with Crippen LogP contribution in [0, 0.1) is 23.2 Å². The Kier molecular flexibility index (Phi) is 5.42. The van der Waals surface area contributed by atoms with E-state index in [0.29, 0.717) is 6.42 Å². The lowest BCUT2D eigenvalue weighted by Gasteiger charge is -2.56. The predicted molar refractivity (Wildman–Crippen MR) is 108 cm³/mol. The van der Waals surface area contributed by atoms with Gasteiger partial charge in [0, 0.05) is 13.0 Å². The highest BCUT2D eigenvalue weighted by Gasteiger charge is 2.51. The molecule has 4 aliphatic carbocycles. The van der Waals surface area contributed by atoms with Gasteiger partial charge in [-0.15, -0.1) is 0 Å². The molecule has 0 saturated heterocycles. The number of rotatable bonds is 7. The number of amides is 2. The van der Waals surface area contributed by atoms with E-state index in [4.69, 9.17) is 5.14 Å². The lowest BCUT2D eigenvalue weighted by molar-refractivity contribution is -0.131. The maximum Gasteiger partial charge on any atom is 0.239 e. The van der Waals surface area contributed by atoms with Gasteiger partial charge in [-0.25, -0.2) is 13.6 Å². The molecule has 4 fully saturated rings. The Labute approximate surface area is 171 Å². The summed E-state index contributed by atoms with van der Waals surface area (Å²) in [5.74, 6) is 2.12. The Morgan fingerprint density at radius 1 is 0.931 bits per heavy atom. The second-order valence-electron chi connectivity index (χ2n) is 9.34. The maximum absolute atomic E-state index is 12.5. The van der Waals surface area contributed by atoms with Crippen molar-refractivity contribution in [1.82, 2.24) is 10.6 Å². The molecule has 4 N–H and O–H groups in total. The van der Waals surface area contributed by atoms with E-state index in [1.165, 1.54) is 50.7 Å². The number of nitrogens with two attached hydrogens (primary N) is 1. The fourth-order valence-electron chi connectivity index (χ4n) is 6.15. The van der Waals surface area contributed by atoms with Crippen molar-refractivity contribution in [1.29, 1.82) is 0 Å². The number of benzene rings is 1. The topological polar surface area (TPSA) is 118 Å². The van der Waals surface area contributed by atoms with E-state index in [2.05, 4.69) is 10.6 Å². The number of hydrogen-bond donors (Lipinski definition) is 3. The van der Waals surface area contributed by atoms with E-state index in [1.54, 1.807) is 12.1 Å². The van der Waals surface area contributed by atoms with Crippen LogP contribution >= 0.6 is 0 Å². The summed E-state index contributed by atoms with van der Waals surface area (Å²) in [6.07, 6.45) is 8.11. The van der Waals surface area contributed by atoms with Gasteiger partial charge in [0.25, 0.3) is 0 Å². The number of hydrogen-bond acceptors (Lipinski definition) is 4. The molecular formula is C21H29N3O4S. The second kappa shape index (κ2) is 7.72. The molecule has 0 spiro atoms. The number of sulfonamides is 1. The van der Waals surface area contributed by atoms with Crippen LogP contribution in [-0.4, -0.2) is 26.8 Å². The van der Waals surface area contributed by atoms with Gasteiger partial charge in [-0.2, -0.15) is 0 Å². The van der Waals surface area contributed by atoms with E-state index in [0.717, 1.165) is 23.3 Å². The molecule has 0 heterocycles. The lowest BCUT2D eigenvalue weighted by atomic mass is 9.49. The quantitative estimate of drug-likeness (QED) is 0.623. The molecular weight excluding hydrogens is 390 g/mol. The number of carbonyl (C=O) groups excluding carboxylic acids is 2. The minimum Gasteiger partial charge on any atom is -0.350 e. The zero-order valence-electron chi connectivity index (χ0n) is 16.5. The zero-order valence-corrected chi connectivity index (χ0v) is 17.3. The second-order valence-corrected chi connectivity index (χ2v) is 10.9. The molecule has 1 aromatic rings. The standard InChI is InChI=1S/C21H29N3O4S/c22-29(27,28)18-3-1-14(2-4-18)12-23-20(26)13-24-19(25)11-21-8-15-5-16(9-21)7-17(6-15)10-21/h1-4,15-17H,5-13H2,(H,23,26)(H,24,25)(H2,22,27,28). The number of nitrogens with one attached hydrogen (secondary N) is 2. The number of carbonyl (C=O) groups is 2. The molecule has 4 bridgehead atoms. The molecule has 5 rings (SSSR count). The van der Waals surface area contributed by atoms with Gasteiger partial charge in [0.15, 0.2) is 0 Å². The van der Waals surface area contributed by atoms with E-state index in [9.17, 15) is 18.0 Å². The van der Waals surface area contributed by atoms with Gasteiger partial charge in [0.05, 0.1) is 11.4 Å². The molecule has 0 unspecified atom stereocenters. The minimum absolute atomic E-state index is 0.0281. The van der Waals surface area contributed by atoms with Crippen LogP contribution in [-0.2, 0) is 26.2 Å². The highest BCUT2D eigenvalue weighted by Crippen LogP contribution is 2.61. The zero-order chi connectivity index (χ0) is 20.6. The molecule has 158 valence electrons. The van der Waals surface area contributed by atoms with Crippen LogP contribution in [0.3, 0.4) is 0 Å². The largest absolute Gasteiger partial charge is 0.350 e. The molecule has 0 aliphatic heterocycles. The normalized spacial score (nSPS) is 30.2. The van der Waals surface area contributed by atoms with Gasteiger partial charge in [-0.3, -0.25) is 9.59 Å². The van der Waals surface area contributed by atoms with Crippen molar-refractivity contribution in [2.45, 2.75) is 56.4 Å². The van der Waals surface area contributed by atoms with Crippen molar-refractivity contribution in [3.63, 3.8) is 0 Å². The summed E-state index contributed by atoms with van der Waals surface area (Å²) in [7, 11) is -3.72. The molecule has 29 heavy (non-hydrogen) atoms. The molecule has 4 saturated carbocycles. The first-order chi connectivity index (χ1) is 13.7. The van der Waals surface area contributed by atoms with E-state index < -0.39 is 10.0 Å². The van der Waals surface area contributed by atoms with Gasteiger partial charge >= 0.3 is 0 Å². The van der Waals surface area contributed by atoms with Crippen LogP contribution in [0.2, 0.25) is 0 Å². The van der Waals surface area contributed by atoms with Gasteiger partial charge in [0.1, 0.15) is 0 Å². The Hall–Kier alpha value is -1.93. The summed E-state index contributed by atoms with van der Waals surface area (Å²) in [6, 6.07) is 6.02. The monoisotopic (exact) mass is 419 g/mol. The van der Waals surface area contributed by atoms with E-state index >= 15 is 0 Å². The van der Waals surface area contributed by atoms with Crippen molar-refractivity contribution in [2.24, 2.45) is 28.3 Å². The fraction of sp³-hybridized carbons (Fsp3) is 0.619. The van der Waals surface area contributed by atoms with Crippen LogP contribution in [0.25, 0.3) is 0 Å². The van der Waals surface area contributed by atoms with E-state index in [-0.39, 0.29) is 35.2 Å². The van der Waals surface area contributed by atoms with Crippen molar-refractivity contribution in [3.8, 4) is 0 Å². The molecule has 0 radical (unpaired) electrons. The Balaban J connectivity index is 1.21. The van der Waals surface area contributed by atoms with Crippen LogP contribution < -0.4 is 15.8 Å². The third-order valence-corrected chi connectivity index (χ3v) is 7.82. The molecule has 8 heteroatoms. The first kappa shape index (κ1) is 20.3. The maximum atomic E-state index is 12.5. The summed E-state index contributed by atoms with van der Waals surface area (Å²) >= 11 is 0. The SMILES string of the molecule is NS(=O)(=O)c1ccc(CNC(=O)CNC(=O)CC23CC4CC(CC(C4)C2)C3)cc1. The first-order valence-corrected chi connectivity index (χ1v) is 11.9. The van der Waals surface area contributed by atoms with Crippen LogP contribution in [0.1, 0.15) is 50.5 Å². The van der Waals surface area contributed by atoms with Gasteiger partial charge in [-0.05, 0) is 79.4 Å². The van der Waals surface area contributed by atoms with Crippen LogP contribution in [0.15, 0.2) is 29.2 Å². The minimum atomic E-state index is -3.72. The van der Waals surface area contributed by atoms with Gasteiger partial charge < -0.3 is 10.6 Å². The van der Waals surface area contributed by atoms with Gasteiger partial charge in [0.2, 0.25) is 21.8 Å². The third kappa shape index (κ3) is 4.80.